The van der Waals surface area contributed by atoms with E-state index in [0.29, 0.717) is 18.4 Å². The van der Waals surface area contributed by atoms with Crippen LogP contribution in [0.15, 0.2) is 48.6 Å². The monoisotopic (exact) mass is 346 g/mol. The summed E-state index contributed by atoms with van der Waals surface area (Å²) in [7, 11) is 0. The second kappa shape index (κ2) is 6.28. The third-order valence-corrected chi connectivity index (χ3v) is 5.51. The van der Waals surface area contributed by atoms with Gasteiger partial charge in [-0.3, -0.25) is 0 Å². The smallest absolute Gasteiger partial charge is 0.336 e. The van der Waals surface area contributed by atoms with Crippen molar-refractivity contribution in [3.63, 3.8) is 0 Å². The summed E-state index contributed by atoms with van der Waals surface area (Å²) in [5.41, 5.74) is 1.59. The van der Waals surface area contributed by atoms with Gasteiger partial charge >= 0.3 is 11.9 Å². The van der Waals surface area contributed by atoms with Gasteiger partial charge in [-0.1, -0.05) is 31.9 Å². The first-order valence-corrected chi connectivity index (χ1v) is 8.20. The highest BCUT2D eigenvalue weighted by Gasteiger charge is 2.56. The van der Waals surface area contributed by atoms with Crippen molar-refractivity contribution < 1.29 is 29.3 Å². The summed E-state index contributed by atoms with van der Waals surface area (Å²) >= 11 is 0. The van der Waals surface area contributed by atoms with Gasteiger partial charge in [0, 0.05) is 17.9 Å². The molecule has 6 heteroatoms. The van der Waals surface area contributed by atoms with E-state index >= 15 is 0 Å². The Balaban J connectivity index is 1.96. The minimum absolute atomic E-state index is 0.0673. The molecule has 25 heavy (non-hydrogen) atoms. The quantitative estimate of drug-likeness (QED) is 0.451. The third-order valence-electron chi connectivity index (χ3n) is 5.51. The summed E-state index contributed by atoms with van der Waals surface area (Å²) in [6.45, 7) is 14.8. The third kappa shape index (κ3) is 2.75. The van der Waals surface area contributed by atoms with Crippen LogP contribution in [-0.2, 0) is 19.1 Å². The Bertz CT molecular complexity index is 690. The fourth-order valence-electron chi connectivity index (χ4n) is 4.16. The summed E-state index contributed by atoms with van der Waals surface area (Å²) in [6, 6.07) is 0. The molecule has 0 aromatic carbocycles. The van der Waals surface area contributed by atoms with E-state index in [0.717, 1.165) is 5.57 Å². The van der Waals surface area contributed by atoms with Gasteiger partial charge in [0.2, 0.25) is 0 Å². The Hall–Kier alpha value is -2.18. The maximum atomic E-state index is 12.1. The normalized spacial score (nSPS) is 37.2. The molecule has 6 atom stereocenters. The van der Waals surface area contributed by atoms with Gasteiger partial charge in [0.05, 0.1) is 24.2 Å². The van der Waals surface area contributed by atoms with E-state index in [9.17, 15) is 14.7 Å². The molecule has 2 N–H and O–H groups in total. The van der Waals surface area contributed by atoms with E-state index in [1.807, 2.05) is 0 Å². The summed E-state index contributed by atoms with van der Waals surface area (Å²) in [6.07, 6.45) is -1.19. The molecule has 2 aliphatic carbocycles. The Morgan fingerprint density at radius 2 is 1.96 bits per heavy atom. The van der Waals surface area contributed by atoms with Gasteiger partial charge in [-0.05, 0) is 17.9 Å². The number of fused-ring (bicyclic) bond motifs is 3. The Labute approximate surface area is 146 Å². The molecule has 0 bridgehead atoms. The molecule has 6 nitrogen and oxygen atoms in total. The minimum atomic E-state index is -0.725. The topological polar surface area (TPSA) is 93.1 Å². The highest BCUT2D eigenvalue weighted by atomic mass is 16.6. The van der Waals surface area contributed by atoms with E-state index in [1.54, 1.807) is 0 Å². The number of aliphatic hydroxyl groups excluding tert-OH is 2. The van der Waals surface area contributed by atoms with Crippen molar-refractivity contribution >= 4 is 11.9 Å². The second-order valence-electron chi connectivity index (χ2n) is 6.95. The molecule has 3 rings (SSSR count). The molecule has 1 saturated heterocycles. The molecule has 3 fully saturated rings. The van der Waals surface area contributed by atoms with Crippen LogP contribution < -0.4 is 0 Å². The summed E-state index contributed by atoms with van der Waals surface area (Å²) in [5.74, 6) is -2.18. The van der Waals surface area contributed by atoms with Crippen molar-refractivity contribution in [2.45, 2.75) is 31.2 Å². The predicted molar refractivity (Wildman–Crippen MR) is 89.1 cm³/mol. The average Bonchev–Trinajstić information content (AvgIpc) is 2.99. The SMILES string of the molecule is C=C(CO)C(=O)O[C@H]1CC(=C)[C@@H]2C[C@H](O)C(=C)[C@@H]2[C@@H]2OC(=O)C(=C)[C@@H]21. The number of aliphatic hydroxyl groups is 2. The number of hydrogen-bond acceptors (Lipinski definition) is 6. The number of rotatable bonds is 3. The summed E-state index contributed by atoms with van der Waals surface area (Å²) in [5, 5.41) is 19.2. The van der Waals surface area contributed by atoms with E-state index in [-0.39, 0.29) is 23.0 Å². The zero-order valence-electron chi connectivity index (χ0n) is 13.9. The number of carbonyl (C=O) groups excluding carboxylic acids is 2. The number of esters is 2. The Morgan fingerprint density at radius 1 is 1.28 bits per heavy atom. The summed E-state index contributed by atoms with van der Waals surface area (Å²) in [4.78, 5) is 24.2. The first-order valence-electron chi connectivity index (χ1n) is 8.20. The van der Waals surface area contributed by atoms with E-state index in [1.165, 1.54) is 0 Å². The molecule has 1 heterocycles. The van der Waals surface area contributed by atoms with Gasteiger partial charge < -0.3 is 19.7 Å². The van der Waals surface area contributed by atoms with Crippen molar-refractivity contribution in [3.05, 3.63) is 48.6 Å². The number of hydrogen-bond donors (Lipinski definition) is 2. The molecule has 3 aliphatic rings. The second-order valence-corrected chi connectivity index (χ2v) is 6.95. The van der Waals surface area contributed by atoms with Crippen LogP contribution in [0.1, 0.15) is 12.8 Å². The van der Waals surface area contributed by atoms with Crippen LogP contribution in [0, 0.1) is 17.8 Å². The molecular weight excluding hydrogens is 324 g/mol. The van der Waals surface area contributed by atoms with Gasteiger partial charge in [0.1, 0.15) is 12.2 Å². The van der Waals surface area contributed by atoms with Crippen LogP contribution in [0.4, 0.5) is 0 Å². The Kier molecular flexibility index (Phi) is 4.43. The molecule has 0 radical (unpaired) electrons. The zero-order chi connectivity index (χ0) is 18.5. The fourth-order valence-corrected chi connectivity index (χ4v) is 4.16. The number of ether oxygens (including phenoxy) is 2. The molecule has 0 amide bonds. The highest BCUT2D eigenvalue weighted by molar-refractivity contribution is 5.92. The van der Waals surface area contributed by atoms with Crippen molar-refractivity contribution in [2.24, 2.45) is 17.8 Å². The predicted octanol–water partition coefficient (Wildman–Crippen LogP) is 1.06. The molecule has 0 aromatic rings. The standard InChI is InChI=1S/C19H22O6/c1-8-5-14(24-18(22)9(2)7-20)16-11(4)19(23)25-17(16)15-10(3)13(21)6-12(8)15/h12-17,20-21H,1-7H2/t12-,13-,14-,15-,16+,17-/m0/s1. The lowest BCUT2D eigenvalue weighted by molar-refractivity contribution is -0.148. The van der Waals surface area contributed by atoms with Gasteiger partial charge in [-0.2, -0.15) is 0 Å². The molecule has 2 saturated carbocycles. The molecule has 134 valence electrons. The lowest BCUT2D eigenvalue weighted by Crippen LogP contribution is -2.36. The van der Waals surface area contributed by atoms with E-state index < -0.39 is 42.8 Å². The molecule has 0 unspecified atom stereocenters. The molecule has 0 aromatic heterocycles. The van der Waals surface area contributed by atoms with E-state index in [2.05, 4.69) is 26.3 Å². The van der Waals surface area contributed by atoms with Crippen molar-refractivity contribution in [1.29, 1.82) is 0 Å². The zero-order valence-corrected chi connectivity index (χ0v) is 13.9. The lowest BCUT2D eigenvalue weighted by atomic mass is 9.81. The molecular formula is C19H22O6. The van der Waals surface area contributed by atoms with Crippen LogP contribution in [0.2, 0.25) is 0 Å². The maximum Gasteiger partial charge on any atom is 0.336 e. The van der Waals surface area contributed by atoms with Crippen LogP contribution >= 0.6 is 0 Å². The van der Waals surface area contributed by atoms with Gasteiger partial charge in [-0.15, -0.1) is 0 Å². The fraction of sp³-hybridized carbons (Fsp3) is 0.474. The van der Waals surface area contributed by atoms with Crippen molar-refractivity contribution in [2.75, 3.05) is 6.61 Å². The lowest BCUT2D eigenvalue weighted by Gasteiger charge is -2.28. The molecule has 1 aliphatic heterocycles. The minimum Gasteiger partial charge on any atom is -0.458 e. The van der Waals surface area contributed by atoms with Gasteiger partial charge in [0.15, 0.2) is 0 Å². The number of carbonyl (C=O) groups is 2. The van der Waals surface area contributed by atoms with Crippen molar-refractivity contribution in [1.82, 2.24) is 0 Å². The molecule has 0 spiro atoms. The highest BCUT2D eigenvalue weighted by Crippen LogP contribution is 2.52. The summed E-state index contributed by atoms with van der Waals surface area (Å²) < 4.78 is 11.0. The van der Waals surface area contributed by atoms with Crippen molar-refractivity contribution in [3.8, 4) is 0 Å². The van der Waals surface area contributed by atoms with E-state index in [4.69, 9.17) is 14.6 Å². The van der Waals surface area contributed by atoms with Crippen LogP contribution in [0.25, 0.3) is 0 Å². The first-order chi connectivity index (χ1) is 11.8. The van der Waals surface area contributed by atoms with Gasteiger partial charge in [-0.25, -0.2) is 9.59 Å². The van der Waals surface area contributed by atoms with Crippen LogP contribution in [0.3, 0.4) is 0 Å². The Morgan fingerprint density at radius 3 is 2.60 bits per heavy atom. The average molecular weight is 346 g/mol. The maximum absolute atomic E-state index is 12.1. The van der Waals surface area contributed by atoms with Crippen LogP contribution in [-0.4, -0.2) is 47.1 Å². The van der Waals surface area contributed by atoms with Gasteiger partial charge in [0.25, 0.3) is 0 Å². The largest absolute Gasteiger partial charge is 0.458 e. The van der Waals surface area contributed by atoms with Crippen LogP contribution in [0.5, 0.6) is 0 Å². The first kappa shape index (κ1) is 17.6.